The fourth-order valence-corrected chi connectivity index (χ4v) is 3.72. The number of aromatic nitrogens is 2. The van der Waals surface area contributed by atoms with Crippen molar-refractivity contribution in [3.8, 4) is 5.69 Å². The third-order valence-corrected chi connectivity index (χ3v) is 6.28. The van der Waals surface area contributed by atoms with Gasteiger partial charge in [0.05, 0.1) is 20.7 Å². The van der Waals surface area contributed by atoms with Crippen molar-refractivity contribution in [3.05, 3.63) is 69.9 Å². The highest BCUT2D eigenvalue weighted by Crippen LogP contribution is 2.28. The Hall–Kier alpha value is -1.83. The molecule has 5 nitrogen and oxygen atoms in total. The fraction of sp³-hybridized carbons (Fsp3) is 0.0625. The smallest absolute Gasteiger partial charge is 0.261 e. The summed E-state index contributed by atoms with van der Waals surface area (Å²) in [6, 6.07) is 15.1. The predicted molar refractivity (Wildman–Crippen MR) is 98.3 cm³/mol. The second kappa shape index (κ2) is 6.58. The summed E-state index contributed by atoms with van der Waals surface area (Å²) in [4.78, 5) is 0.161. The fourth-order valence-electron chi connectivity index (χ4n) is 2.14. The molecule has 0 saturated carbocycles. The predicted octanol–water partition coefficient (Wildman–Crippen LogP) is 4.40. The molecule has 124 valence electrons. The SMILES string of the molecule is Cc1nn(-c2ccc(S(=O)(=O)Nc3ccccc3)cc2)c(Cl)c1Br. The standard InChI is InChI=1S/C16H13BrClN3O2S/c1-11-15(17)16(18)21(19-11)13-7-9-14(10-8-13)24(22,23)20-12-5-3-2-4-6-12/h2-10,20H,1H3. The molecule has 0 aliphatic rings. The van der Waals surface area contributed by atoms with Gasteiger partial charge in [-0.1, -0.05) is 29.8 Å². The van der Waals surface area contributed by atoms with Gasteiger partial charge in [-0.05, 0) is 59.3 Å². The average Bonchev–Trinajstić information content (AvgIpc) is 2.83. The van der Waals surface area contributed by atoms with Gasteiger partial charge in [0, 0.05) is 5.69 Å². The number of sulfonamides is 1. The van der Waals surface area contributed by atoms with Gasteiger partial charge in [-0.3, -0.25) is 4.72 Å². The molecule has 0 spiro atoms. The number of hydrogen-bond acceptors (Lipinski definition) is 3. The van der Waals surface area contributed by atoms with Crippen LogP contribution in [0.25, 0.3) is 5.69 Å². The van der Waals surface area contributed by atoms with Crippen molar-refractivity contribution in [1.29, 1.82) is 0 Å². The van der Waals surface area contributed by atoms with Gasteiger partial charge in [0.25, 0.3) is 10.0 Å². The minimum Gasteiger partial charge on any atom is -0.280 e. The number of anilines is 1. The summed E-state index contributed by atoms with van der Waals surface area (Å²) < 4.78 is 29.6. The first-order chi connectivity index (χ1) is 11.4. The van der Waals surface area contributed by atoms with Crippen molar-refractivity contribution in [2.45, 2.75) is 11.8 Å². The zero-order valence-electron chi connectivity index (χ0n) is 12.6. The Kier molecular flexibility index (Phi) is 4.67. The van der Waals surface area contributed by atoms with Crippen molar-refractivity contribution in [1.82, 2.24) is 9.78 Å². The number of nitrogens with one attached hydrogen (secondary N) is 1. The Bertz CT molecular complexity index is 971. The van der Waals surface area contributed by atoms with Crippen molar-refractivity contribution >= 4 is 43.2 Å². The summed E-state index contributed by atoms with van der Waals surface area (Å²) in [5.41, 5.74) is 1.94. The van der Waals surface area contributed by atoms with Gasteiger partial charge in [0.2, 0.25) is 0 Å². The summed E-state index contributed by atoms with van der Waals surface area (Å²) in [6.07, 6.45) is 0. The van der Waals surface area contributed by atoms with Crippen LogP contribution in [0.3, 0.4) is 0 Å². The largest absolute Gasteiger partial charge is 0.280 e. The van der Waals surface area contributed by atoms with Crippen molar-refractivity contribution in [2.24, 2.45) is 0 Å². The Morgan fingerprint density at radius 3 is 2.25 bits per heavy atom. The summed E-state index contributed by atoms with van der Waals surface area (Å²) in [6.45, 7) is 1.83. The van der Waals surface area contributed by atoms with Gasteiger partial charge in [-0.25, -0.2) is 13.1 Å². The lowest BCUT2D eigenvalue weighted by atomic mass is 10.3. The van der Waals surface area contributed by atoms with Crippen LogP contribution in [0.5, 0.6) is 0 Å². The van der Waals surface area contributed by atoms with Crippen LogP contribution in [0.2, 0.25) is 5.15 Å². The van der Waals surface area contributed by atoms with Gasteiger partial charge >= 0.3 is 0 Å². The number of para-hydroxylation sites is 1. The van der Waals surface area contributed by atoms with Gasteiger partial charge < -0.3 is 0 Å². The van der Waals surface area contributed by atoms with Gasteiger partial charge in [-0.15, -0.1) is 0 Å². The molecular weight excluding hydrogens is 414 g/mol. The molecule has 0 saturated heterocycles. The van der Waals surface area contributed by atoms with Crippen molar-refractivity contribution in [3.63, 3.8) is 0 Å². The molecule has 0 unspecified atom stereocenters. The van der Waals surface area contributed by atoms with Crippen LogP contribution in [0, 0.1) is 6.92 Å². The molecule has 0 atom stereocenters. The first-order valence-corrected chi connectivity index (χ1v) is 9.63. The lowest BCUT2D eigenvalue weighted by Gasteiger charge is -2.09. The lowest BCUT2D eigenvalue weighted by molar-refractivity contribution is 0.601. The molecule has 0 radical (unpaired) electrons. The summed E-state index contributed by atoms with van der Waals surface area (Å²) in [5, 5.41) is 4.75. The van der Waals surface area contributed by atoms with Crippen LogP contribution in [-0.4, -0.2) is 18.2 Å². The molecule has 3 rings (SSSR count). The van der Waals surface area contributed by atoms with E-state index in [9.17, 15) is 8.42 Å². The van der Waals surface area contributed by atoms with Crippen LogP contribution >= 0.6 is 27.5 Å². The maximum atomic E-state index is 12.4. The maximum Gasteiger partial charge on any atom is 0.261 e. The number of rotatable bonds is 4. The number of nitrogens with zero attached hydrogens (tertiary/aromatic N) is 2. The monoisotopic (exact) mass is 425 g/mol. The van der Waals surface area contributed by atoms with E-state index >= 15 is 0 Å². The average molecular weight is 427 g/mol. The highest BCUT2D eigenvalue weighted by molar-refractivity contribution is 9.10. The van der Waals surface area contributed by atoms with Gasteiger partial charge in [0.1, 0.15) is 5.15 Å². The van der Waals surface area contributed by atoms with Crippen molar-refractivity contribution in [2.75, 3.05) is 4.72 Å². The molecule has 2 aromatic carbocycles. The molecule has 1 heterocycles. The third kappa shape index (κ3) is 3.33. The Balaban J connectivity index is 1.90. The third-order valence-electron chi connectivity index (χ3n) is 3.35. The zero-order chi connectivity index (χ0) is 17.3. The number of hydrogen-bond donors (Lipinski definition) is 1. The van der Waals surface area contributed by atoms with E-state index < -0.39 is 10.0 Å². The van der Waals surface area contributed by atoms with E-state index in [1.807, 2.05) is 13.0 Å². The van der Waals surface area contributed by atoms with Crippen LogP contribution in [0.1, 0.15) is 5.69 Å². The minimum atomic E-state index is -3.65. The van der Waals surface area contributed by atoms with E-state index in [1.54, 1.807) is 41.1 Å². The summed E-state index contributed by atoms with van der Waals surface area (Å²) in [7, 11) is -3.65. The molecule has 0 aliphatic heterocycles. The van der Waals surface area contributed by atoms with E-state index in [-0.39, 0.29) is 4.90 Å². The van der Waals surface area contributed by atoms with Crippen LogP contribution in [0.15, 0.2) is 64.0 Å². The number of benzene rings is 2. The van der Waals surface area contributed by atoms with Crippen molar-refractivity contribution < 1.29 is 8.42 Å². The molecule has 8 heteroatoms. The molecule has 1 aromatic heterocycles. The van der Waals surface area contributed by atoms with Crippen LogP contribution in [0.4, 0.5) is 5.69 Å². The van der Waals surface area contributed by atoms with Gasteiger partial charge in [0.15, 0.2) is 0 Å². The molecule has 0 aliphatic carbocycles. The molecule has 24 heavy (non-hydrogen) atoms. The van der Waals surface area contributed by atoms with Gasteiger partial charge in [-0.2, -0.15) is 5.10 Å². The summed E-state index contributed by atoms with van der Waals surface area (Å²) in [5.74, 6) is 0. The molecular formula is C16H13BrClN3O2S. The second-order valence-electron chi connectivity index (χ2n) is 5.07. The van der Waals surface area contributed by atoms with Crippen LogP contribution in [-0.2, 0) is 10.0 Å². The lowest BCUT2D eigenvalue weighted by Crippen LogP contribution is -2.13. The molecule has 0 bridgehead atoms. The van der Waals surface area contributed by atoms with Crippen LogP contribution < -0.4 is 4.72 Å². The first kappa shape index (κ1) is 17.0. The van der Waals surface area contributed by atoms with E-state index in [0.29, 0.717) is 21.0 Å². The highest BCUT2D eigenvalue weighted by Gasteiger charge is 2.16. The van der Waals surface area contributed by atoms with E-state index in [2.05, 4.69) is 25.8 Å². The molecule has 0 fully saturated rings. The molecule has 3 aromatic rings. The quantitative estimate of drug-likeness (QED) is 0.672. The highest BCUT2D eigenvalue weighted by atomic mass is 79.9. The summed E-state index contributed by atoms with van der Waals surface area (Å²) >= 11 is 9.57. The second-order valence-corrected chi connectivity index (χ2v) is 7.90. The molecule has 1 N–H and O–H groups in total. The van der Waals surface area contributed by atoms with E-state index in [4.69, 9.17) is 11.6 Å². The maximum absolute atomic E-state index is 12.4. The molecule has 0 amide bonds. The first-order valence-electron chi connectivity index (χ1n) is 6.97. The Morgan fingerprint density at radius 2 is 1.71 bits per heavy atom. The number of halogens is 2. The topological polar surface area (TPSA) is 64.0 Å². The zero-order valence-corrected chi connectivity index (χ0v) is 15.7. The minimum absolute atomic E-state index is 0.161. The normalized spacial score (nSPS) is 11.5. The number of aryl methyl sites for hydroxylation is 1. The van der Waals surface area contributed by atoms with E-state index in [0.717, 1.165) is 5.69 Å². The van der Waals surface area contributed by atoms with E-state index in [1.165, 1.54) is 12.1 Å². The Morgan fingerprint density at radius 1 is 1.08 bits per heavy atom. The Labute approximate surface area is 153 Å².